The highest BCUT2D eigenvalue weighted by molar-refractivity contribution is 5.75. The summed E-state index contributed by atoms with van der Waals surface area (Å²) in [5.74, 6) is -0.236. The van der Waals surface area contributed by atoms with E-state index < -0.39 is 11.7 Å². The van der Waals surface area contributed by atoms with Gasteiger partial charge in [0.2, 0.25) is 0 Å². The highest BCUT2D eigenvalue weighted by Gasteiger charge is 2.40. The molecule has 5 heteroatoms. The number of amides is 1. The molecule has 1 aromatic rings. The van der Waals surface area contributed by atoms with Crippen LogP contribution in [0.3, 0.4) is 0 Å². The third-order valence-electron chi connectivity index (χ3n) is 4.24. The molecule has 1 N–H and O–H groups in total. The molecule has 1 heterocycles. The molecule has 2 rings (SSSR count). The molecule has 1 aromatic carbocycles. The quantitative estimate of drug-likeness (QED) is 0.825. The summed E-state index contributed by atoms with van der Waals surface area (Å²) < 4.78 is 10.9. The predicted octanol–water partition coefficient (Wildman–Crippen LogP) is 3.71. The summed E-state index contributed by atoms with van der Waals surface area (Å²) in [5.41, 5.74) is 0.555. The van der Waals surface area contributed by atoms with E-state index >= 15 is 0 Å². The molecular formula is C20H29NO4. The van der Waals surface area contributed by atoms with E-state index in [4.69, 9.17) is 9.47 Å². The van der Waals surface area contributed by atoms with Gasteiger partial charge in [0.15, 0.2) is 0 Å². The van der Waals surface area contributed by atoms with Crippen molar-refractivity contribution in [3.05, 3.63) is 35.9 Å². The van der Waals surface area contributed by atoms with Gasteiger partial charge in [0.25, 0.3) is 0 Å². The summed E-state index contributed by atoms with van der Waals surface area (Å²) in [4.78, 5) is 24.4. The summed E-state index contributed by atoms with van der Waals surface area (Å²) >= 11 is 0. The molecule has 1 aliphatic rings. The van der Waals surface area contributed by atoms with Gasteiger partial charge in [-0.2, -0.15) is 0 Å². The van der Waals surface area contributed by atoms with Crippen molar-refractivity contribution < 1.29 is 19.1 Å². The van der Waals surface area contributed by atoms with E-state index in [2.05, 4.69) is 5.32 Å². The number of cyclic esters (lactones) is 1. The van der Waals surface area contributed by atoms with Gasteiger partial charge in [-0.25, -0.2) is 4.79 Å². The highest BCUT2D eigenvalue weighted by atomic mass is 16.6. The second-order valence-corrected chi connectivity index (χ2v) is 8.01. The fourth-order valence-electron chi connectivity index (χ4n) is 3.09. The van der Waals surface area contributed by atoms with Crippen LogP contribution in [-0.2, 0) is 20.7 Å². The molecule has 138 valence electrons. The highest BCUT2D eigenvalue weighted by Crippen LogP contribution is 2.29. The Bertz CT molecular complexity index is 591. The minimum atomic E-state index is -0.562. The standard InChI is InChI=1S/C20H29NO4/c1-13(2)17(21-19(23)25-20(3,4)5)16-12-15(18(22)24-16)11-14-9-7-6-8-10-14/h6-10,13,15-17H,11-12H2,1-5H3,(H,21,23)/t15-,16+,17+/m1/s1. The average Bonchev–Trinajstić information content (AvgIpc) is 2.84. The Morgan fingerprint density at radius 1 is 1.28 bits per heavy atom. The first-order valence-corrected chi connectivity index (χ1v) is 8.89. The number of ether oxygens (including phenoxy) is 2. The van der Waals surface area contributed by atoms with Crippen LogP contribution in [0.1, 0.15) is 46.6 Å². The number of hydrogen-bond donors (Lipinski definition) is 1. The van der Waals surface area contributed by atoms with Crippen LogP contribution < -0.4 is 5.32 Å². The molecule has 1 amide bonds. The minimum absolute atomic E-state index is 0.126. The van der Waals surface area contributed by atoms with E-state index in [0.29, 0.717) is 12.8 Å². The Balaban J connectivity index is 2.00. The maximum atomic E-state index is 12.3. The topological polar surface area (TPSA) is 64.6 Å². The van der Waals surface area contributed by atoms with E-state index in [9.17, 15) is 9.59 Å². The first-order valence-electron chi connectivity index (χ1n) is 8.89. The minimum Gasteiger partial charge on any atom is -0.460 e. The summed E-state index contributed by atoms with van der Waals surface area (Å²) in [6.45, 7) is 9.47. The van der Waals surface area contributed by atoms with Gasteiger partial charge in [-0.15, -0.1) is 0 Å². The van der Waals surface area contributed by atoms with Crippen molar-refractivity contribution in [3.8, 4) is 0 Å². The predicted molar refractivity (Wildman–Crippen MR) is 96.1 cm³/mol. The molecule has 0 bridgehead atoms. The van der Waals surface area contributed by atoms with Gasteiger partial charge in [-0.05, 0) is 38.7 Å². The lowest BCUT2D eigenvalue weighted by Gasteiger charge is -2.28. The van der Waals surface area contributed by atoms with Crippen LogP contribution >= 0.6 is 0 Å². The van der Waals surface area contributed by atoms with Crippen LogP contribution in [0.5, 0.6) is 0 Å². The van der Waals surface area contributed by atoms with Crippen molar-refractivity contribution in [3.63, 3.8) is 0 Å². The number of rotatable bonds is 5. The third-order valence-corrected chi connectivity index (χ3v) is 4.24. The number of alkyl carbamates (subject to hydrolysis) is 1. The zero-order valence-corrected chi connectivity index (χ0v) is 15.7. The molecular weight excluding hydrogens is 318 g/mol. The Labute approximate surface area is 150 Å². The van der Waals surface area contributed by atoms with Crippen LogP contribution in [0.25, 0.3) is 0 Å². The van der Waals surface area contributed by atoms with Gasteiger partial charge in [0, 0.05) is 6.42 Å². The Morgan fingerprint density at radius 3 is 2.48 bits per heavy atom. The number of hydrogen-bond acceptors (Lipinski definition) is 4. The number of esters is 1. The summed E-state index contributed by atoms with van der Waals surface area (Å²) in [7, 11) is 0. The van der Waals surface area contributed by atoms with Gasteiger partial charge >= 0.3 is 12.1 Å². The number of carbonyl (C=O) groups excluding carboxylic acids is 2. The monoisotopic (exact) mass is 347 g/mol. The third kappa shape index (κ3) is 5.76. The van der Waals surface area contributed by atoms with Crippen LogP contribution in [0.2, 0.25) is 0 Å². The lowest BCUT2D eigenvalue weighted by Crippen LogP contribution is -2.48. The SMILES string of the molecule is CC(C)[C@H](NC(=O)OC(C)(C)C)[C@@H]1C[C@@H](Cc2ccccc2)C(=O)O1. The molecule has 1 fully saturated rings. The smallest absolute Gasteiger partial charge is 0.408 e. The molecule has 25 heavy (non-hydrogen) atoms. The van der Waals surface area contributed by atoms with Gasteiger partial charge in [-0.1, -0.05) is 44.2 Å². The molecule has 0 saturated carbocycles. The van der Waals surface area contributed by atoms with Crippen molar-refractivity contribution in [1.82, 2.24) is 5.32 Å². The average molecular weight is 347 g/mol. The normalized spacial score (nSPS) is 21.8. The van der Waals surface area contributed by atoms with Gasteiger partial charge in [-0.3, -0.25) is 4.79 Å². The maximum absolute atomic E-state index is 12.3. The van der Waals surface area contributed by atoms with Crippen molar-refractivity contribution in [2.45, 2.75) is 65.2 Å². The van der Waals surface area contributed by atoms with Crippen molar-refractivity contribution in [2.24, 2.45) is 11.8 Å². The fraction of sp³-hybridized carbons (Fsp3) is 0.600. The fourth-order valence-corrected chi connectivity index (χ4v) is 3.09. The van der Waals surface area contributed by atoms with E-state index in [0.717, 1.165) is 5.56 Å². The summed E-state index contributed by atoms with van der Waals surface area (Å²) in [6, 6.07) is 9.65. The number of benzene rings is 1. The molecule has 5 nitrogen and oxygen atoms in total. The van der Waals surface area contributed by atoms with Crippen molar-refractivity contribution in [2.75, 3.05) is 0 Å². The Hall–Kier alpha value is -2.04. The molecule has 3 atom stereocenters. The van der Waals surface area contributed by atoms with Crippen molar-refractivity contribution >= 4 is 12.1 Å². The zero-order chi connectivity index (χ0) is 18.6. The van der Waals surface area contributed by atoms with Gasteiger partial charge < -0.3 is 14.8 Å². The van der Waals surface area contributed by atoms with E-state index in [1.165, 1.54) is 0 Å². The lowest BCUT2D eigenvalue weighted by molar-refractivity contribution is -0.145. The molecule has 0 unspecified atom stereocenters. The van der Waals surface area contributed by atoms with Crippen LogP contribution in [0, 0.1) is 11.8 Å². The first kappa shape index (κ1) is 19.3. The second kappa shape index (κ2) is 7.89. The van der Waals surface area contributed by atoms with Crippen molar-refractivity contribution in [1.29, 1.82) is 0 Å². The molecule has 0 aliphatic carbocycles. The number of nitrogens with one attached hydrogen (secondary N) is 1. The van der Waals surface area contributed by atoms with E-state index in [1.54, 1.807) is 0 Å². The second-order valence-electron chi connectivity index (χ2n) is 8.01. The maximum Gasteiger partial charge on any atom is 0.408 e. The van der Waals surface area contributed by atoms with E-state index in [-0.39, 0.29) is 30.0 Å². The molecule has 0 spiro atoms. The largest absolute Gasteiger partial charge is 0.460 e. The molecule has 0 radical (unpaired) electrons. The first-order chi connectivity index (χ1) is 11.7. The van der Waals surface area contributed by atoms with E-state index in [1.807, 2.05) is 65.0 Å². The van der Waals surface area contributed by atoms with Crippen LogP contribution in [0.15, 0.2) is 30.3 Å². The van der Waals surface area contributed by atoms with Crippen LogP contribution in [0.4, 0.5) is 4.79 Å². The lowest BCUT2D eigenvalue weighted by atomic mass is 9.90. The van der Waals surface area contributed by atoms with Gasteiger partial charge in [0.1, 0.15) is 11.7 Å². The van der Waals surface area contributed by atoms with Crippen LogP contribution in [-0.4, -0.2) is 29.8 Å². The Kier molecular flexibility index (Phi) is 6.09. The molecule has 0 aromatic heterocycles. The van der Waals surface area contributed by atoms with Gasteiger partial charge in [0.05, 0.1) is 12.0 Å². The zero-order valence-electron chi connectivity index (χ0n) is 15.7. The number of carbonyl (C=O) groups is 2. The summed E-state index contributed by atoms with van der Waals surface area (Å²) in [6.07, 6.45) is 0.460. The summed E-state index contributed by atoms with van der Waals surface area (Å²) in [5, 5.41) is 2.88. The molecule has 1 saturated heterocycles. The molecule has 1 aliphatic heterocycles. The Morgan fingerprint density at radius 2 is 1.92 bits per heavy atom.